The average Bonchev–Trinajstić information content (AvgIpc) is 2.60. The number of carbonyl (C=O) groups excluding carboxylic acids is 1. The lowest BCUT2D eigenvalue weighted by molar-refractivity contribution is 0.0827. The Hall–Kier alpha value is -2.30. The maximum absolute atomic E-state index is 12.1. The molecule has 0 aromatic heterocycles. The van der Waals surface area contributed by atoms with Crippen molar-refractivity contribution >= 4 is 11.9 Å². The van der Waals surface area contributed by atoms with E-state index >= 15 is 0 Å². The Balaban J connectivity index is 2.67. The van der Waals surface area contributed by atoms with Crippen LogP contribution in [0.25, 0.3) is 0 Å². The molecule has 25 heavy (non-hydrogen) atoms. The Morgan fingerprint density at radius 1 is 1.32 bits per heavy atom. The summed E-state index contributed by atoms with van der Waals surface area (Å²) >= 11 is 0. The SMILES string of the molecule is C=CCCCN(C)C(=NCCc1cccc(C(=O)N(C)C)c1)NCC. The van der Waals surface area contributed by atoms with Crippen molar-refractivity contribution in [3.8, 4) is 0 Å². The standard InChI is InChI=1S/C20H32N4O/c1-6-8-9-15-24(5)20(21-7-2)22-14-13-17-11-10-12-18(16-17)19(25)23(3)4/h6,10-12,16H,1,7-9,13-15H2,2-5H3,(H,21,22). The highest BCUT2D eigenvalue weighted by Crippen LogP contribution is 2.08. The molecule has 0 unspecified atom stereocenters. The molecule has 0 heterocycles. The van der Waals surface area contributed by atoms with Gasteiger partial charge in [0.05, 0.1) is 0 Å². The van der Waals surface area contributed by atoms with Crippen LogP contribution in [0, 0.1) is 0 Å². The molecule has 0 aliphatic rings. The van der Waals surface area contributed by atoms with Gasteiger partial charge in [-0.25, -0.2) is 0 Å². The van der Waals surface area contributed by atoms with E-state index in [1.807, 2.05) is 30.3 Å². The molecule has 0 radical (unpaired) electrons. The molecule has 0 saturated carbocycles. The maximum atomic E-state index is 12.1. The molecule has 0 fully saturated rings. The molecule has 1 aromatic rings. The van der Waals surface area contributed by atoms with Gasteiger partial charge in [-0.3, -0.25) is 9.79 Å². The van der Waals surface area contributed by atoms with Gasteiger partial charge >= 0.3 is 0 Å². The van der Waals surface area contributed by atoms with E-state index in [2.05, 4.69) is 30.8 Å². The molecular formula is C20H32N4O. The first-order valence-electron chi connectivity index (χ1n) is 8.90. The van der Waals surface area contributed by atoms with Gasteiger partial charge in [0.25, 0.3) is 5.91 Å². The Morgan fingerprint density at radius 3 is 2.72 bits per heavy atom. The second kappa shape index (κ2) is 11.3. The minimum Gasteiger partial charge on any atom is -0.357 e. The summed E-state index contributed by atoms with van der Waals surface area (Å²) in [6.45, 7) is 8.32. The first kappa shape index (κ1) is 20.7. The van der Waals surface area contributed by atoms with Crippen LogP contribution in [0.4, 0.5) is 0 Å². The third-order valence-electron chi connectivity index (χ3n) is 3.84. The summed E-state index contributed by atoms with van der Waals surface area (Å²) < 4.78 is 0. The van der Waals surface area contributed by atoms with Gasteiger partial charge < -0.3 is 15.1 Å². The molecule has 0 aliphatic heterocycles. The normalized spacial score (nSPS) is 11.1. The summed E-state index contributed by atoms with van der Waals surface area (Å²) in [6.07, 6.45) is 4.83. The van der Waals surface area contributed by atoms with Crippen molar-refractivity contribution < 1.29 is 4.79 Å². The number of amides is 1. The van der Waals surface area contributed by atoms with Crippen LogP contribution in [0.5, 0.6) is 0 Å². The van der Waals surface area contributed by atoms with Gasteiger partial charge in [0.15, 0.2) is 5.96 Å². The minimum absolute atomic E-state index is 0.0284. The van der Waals surface area contributed by atoms with E-state index in [4.69, 9.17) is 4.99 Å². The van der Waals surface area contributed by atoms with Crippen LogP contribution < -0.4 is 5.32 Å². The van der Waals surface area contributed by atoms with Crippen LogP contribution in [0.3, 0.4) is 0 Å². The van der Waals surface area contributed by atoms with E-state index < -0.39 is 0 Å². The molecule has 1 rings (SSSR count). The molecular weight excluding hydrogens is 312 g/mol. The van der Waals surface area contributed by atoms with Crippen molar-refractivity contribution in [3.63, 3.8) is 0 Å². The zero-order valence-corrected chi connectivity index (χ0v) is 16.1. The Kier molecular flexibility index (Phi) is 9.37. The molecule has 0 atom stereocenters. The number of unbranched alkanes of at least 4 members (excludes halogenated alkanes) is 1. The second-order valence-corrected chi connectivity index (χ2v) is 6.24. The van der Waals surface area contributed by atoms with Gasteiger partial charge in [0, 0.05) is 46.3 Å². The fourth-order valence-corrected chi connectivity index (χ4v) is 2.46. The number of benzene rings is 1. The average molecular weight is 345 g/mol. The number of rotatable bonds is 9. The summed E-state index contributed by atoms with van der Waals surface area (Å²) in [5.41, 5.74) is 1.85. The third kappa shape index (κ3) is 7.42. The van der Waals surface area contributed by atoms with Crippen LogP contribution in [0.2, 0.25) is 0 Å². The summed E-state index contributed by atoms with van der Waals surface area (Å²) in [7, 11) is 5.59. The number of hydrogen-bond donors (Lipinski definition) is 1. The van der Waals surface area contributed by atoms with Gasteiger partial charge in [-0.1, -0.05) is 18.2 Å². The largest absolute Gasteiger partial charge is 0.357 e. The van der Waals surface area contributed by atoms with Crippen LogP contribution in [-0.2, 0) is 6.42 Å². The molecule has 0 saturated heterocycles. The summed E-state index contributed by atoms with van der Waals surface area (Å²) in [5.74, 6) is 0.952. The first-order valence-corrected chi connectivity index (χ1v) is 8.90. The predicted molar refractivity (Wildman–Crippen MR) is 106 cm³/mol. The number of nitrogens with one attached hydrogen (secondary N) is 1. The first-order chi connectivity index (χ1) is 12.0. The molecule has 1 amide bonds. The van der Waals surface area contributed by atoms with E-state index in [-0.39, 0.29) is 5.91 Å². The molecule has 1 N–H and O–H groups in total. The van der Waals surface area contributed by atoms with Crippen molar-refractivity contribution in [1.29, 1.82) is 0 Å². The lowest BCUT2D eigenvalue weighted by atomic mass is 10.1. The fraction of sp³-hybridized carbons (Fsp3) is 0.500. The second-order valence-electron chi connectivity index (χ2n) is 6.24. The van der Waals surface area contributed by atoms with Crippen molar-refractivity contribution in [2.24, 2.45) is 4.99 Å². The lowest BCUT2D eigenvalue weighted by Gasteiger charge is -2.21. The van der Waals surface area contributed by atoms with Crippen molar-refractivity contribution in [2.75, 3.05) is 40.8 Å². The Labute approximate surface area is 152 Å². The highest BCUT2D eigenvalue weighted by Gasteiger charge is 2.08. The van der Waals surface area contributed by atoms with Crippen molar-refractivity contribution in [1.82, 2.24) is 15.1 Å². The number of allylic oxidation sites excluding steroid dienone is 1. The van der Waals surface area contributed by atoms with Crippen molar-refractivity contribution in [3.05, 3.63) is 48.0 Å². The zero-order chi connectivity index (χ0) is 18.7. The number of aliphatic imine (C=N–C) groups is 1. The van der Waals surface area contributed by atoms with Gasteiger partial charge in [-0.15, -0.1) is 6.58 Å². The van der Waals surface area contributed by atoms with E-state index in [0.717, 1.165) is 49.4 Å². The highest BCUT2D eigenvalue weighted by molar-refractivity contribution is 5.94. The zero-order valence-electron chi connectivity index (χ0n) is 16.1. The van der Waals surface area contributed by atoms with Crippen molar-refractivity contribution in [2.45, 2.75) is 26.2 Å². The van der Waals surface area contributed by atoms with E-state index in [1.165, 1.54) is 0 Å². The van der Waals surface area contributed by atoms with Gasteiger partial charge in [0.2, 0.25) is 0 Å². The minimum atomic E-state index is 0.0284. The molecule has 5 nitrogen and oxygen atoms in total. The number of guanidine groups is 1. The molecule has 1 aromatic carbocycles. The predicted octanol–water partition coefficient (Wildman–Crippen LogP) is 2.79. The van der Waals surface area contributed by atoms with Crippen LogP contribution in [0.1, 0.15) is 35.7 Å². The Morgan fingerprint density at radius 2 is 2.08 bits per heavy atom. The lowest BCUT2D eigenvalue weighted by Crippen LogP contribution is -2.39. The van der Waals surface area contributed by atoms with Gasteiger partial charge in [0.1, 0.15) is 0 Å². The number of nitrogens with zero attached hydrogens (tertiary/aromatic N) is 3. The topological polar surface area (TPSA) is 47.9 Å². The highest BCUT2D eigenvalue weighted by atomic mass is 16.2. The van der Waals surface area contributed by atoms with Gasteiger partial charge in [-0.05, 0) is 43.9 Å². The molecule has 0 aliphatic carbocycles. The smallest absolute Gasteiger partial charge is 0.253 e. The number of carbonyl (C=O) groups is 1. The fourth-order valence-electron chi connectivity index (χ4n) is 2.46. The van der Waals surface area contributed by atoms with E-state index in [9.17, 15) is 4.79 Å². The molecule has 0 bridgehead atoms. The maximum Gasteiger partial charge on any atom is 0.253 e. The van der Waals surface area contributed by atoms with E-state index in [1.54, 1.807) is 19.0 Å². The molecule has 5 heteroatoms. The molecule has 0 spiro atoms. The molecule has 138 valence electrons. The summed E-state index contributed by atoms with van der Waals surface area (Å²) in [5, 5.41) is 3.33. The van der Waals surface area contributed by atoms with E-state index in [0.29, 0.717) is 6.54 Å². The van der Waals surface area contributed by atoms with Gasteiger partial charge in [-0.2, -0.15) is 0 Å². The van der Waals surface area contributed by atoms with Crippen LogP contribution in [-0.4, -0.2) is 62.4 Å². The Bertz CT molecular complexity index is 581. The third-order valence-corrected chi connectivity index (χ3v) is 3.84. The monoisotopic (exact) mass is 344 g/mol. The summed E-state index contributed by atoms with van der Waals surface area (Å²) in [4.78, 5) is 20.5. The van der Waals surface area contributed by atoms with Crippen LogP contribution >= 0.6 is 0 Å². The number of hydrogen-bond acceptors (Lipinski definition) is 2. The quantitative estimate of drug-likeness (QED) is 0.324. The van der Waals surface area contributed by atoms with Crippen LogP contribution in [0.15, 0.2) is 41.9 Å². The summed E-state index contributed by atoms with van der Waals surface area (Å²) in [6, 6.07) is 7.79.